The van der Waals surface area contributed by atoms with E-state index in [1.165, 1.54) is 26.4 Å². The SMILES string of the molecule is COC(=O)c1ccc(-n2ccc(OCC3CC34CC4)n2)nc1Cl. The first-order valence-electron chi connectivity index (χ1n) is 7.55. The second-order valence-electron chi connectivity index (χ2n) is 6.17. The van der Waals surface area contributed by atoms with Crippen molar-refractivity contribution in [3.05, 3.63) is 35.1 Å². The molecule has 2 aliphatic rings. The van der Waals surface area contributed by atoms with Crippen LogP contribution in [0.3, 0.4) is 0 Å². The maximum atomic E-state index is 11.5. The fraction of sp³-hybridized carbons (Fsp3) is 0.438. The summed E-state index contributed by atoms with van der Waals surface area (Å²) in [6.07, 6.45) is 5.75. The van der Waals surface area contributed by atoms with Gasteiger partial charge in [0, 0.05) is 12.3 Å². The summed E-state index contributed by atoms with van der Waals surface area (Å²) >= 11 is 6.02. The van der Waals surface area contributed by atoms with E-state index in [0.717, 1.165) is 6.61 Å². The molecule has 0 aromatic carbocycles. The van der Waals surface area contributed by atoms with Crippen molar-refractivity contribution in [2.45, 2.75) is 19.3 Å². The van der Waals surface area contributed by atoms with Crippen LogP contribution in [0.1, 0.15) is 29.6 Å². The maximum Gasteiger partial charge on any atom is 0.341 e. The molecule has 0 saturated heterocycles. The highest BCUT2D eigenvalue weighted by atomic mass is 35.5. The van der Waals surface area contributed by atoms with Gasteiger partial charge in [-0.05, 0) is 42.7 Å². The van der Waals surface area contributed by atoms with E-state index in [1.807, 2.05) is 0 Å². The molecule has 0 aliphatic heterocycles. The summed E-state index contributed by atoms with van der Waals surface area (Å²) in [5.41, 5.74) is 0.853. The van der Waals surface area contributed by atoms with Crippen LogP contribution >= 0.6 is 11.6 Å². The van der Waals surface area contributed by atoms with Gasteiger partial charge in [-0.15, -0.1) is 5.10 Å². The van der Waals surface area contributed by atoms with Gasteiger partial charge in [-0.25, -0.2) is 14.5 Å². The van der Waals surface area contributed by atoms with E-state index in [9.17, 15) is 4.79 Å². The van der Waals surface area contributed by atoms with E-state index >= 15 is 0 Å². The van der Waals surface area contributed by atoms with Gasteiger partial charge >= 0.3 is 5.97 Å². The Morgan fingerprint density at radius 1 is 1.43 bits per heavy atom. The number of methoxy groups -OCH3 is 1. The quantitative estimate of drug-likeness (QED) is 0.621. The minimum atomic E-state index is -0.517. The molecule has 1 unspecified atom stereocenters. The third-order valence-electron chi connectivity index (χ3n) is 4.72. The molecule has 1 atom stereocenters. The molecule has 23 heavy (non-hydrogen) atoms. The Kier molecular flexibility index (Phi) is 3.30. The van der Waals surface area contributed by atoms with E-state index in [-0.39, 0.29) is 10.7 Å². The maximum absolute atomic E-state index is 11.5. The summed E-state index contributed by atoms with van der Waals surface area (Å²) in [5.74, 6) is 1.27. The van der Waals surface area contributed by atoms with Crippen molar-refractivity contribution in [1.82, 2.24) is 14.8 Å². The fourth-order valence-electron chi connectivity index (χ4n) is 2.95. The number of pyridine rings is 1. The van der Waals surface area contributed by atoms with Crippen molar-refractivity contribution in [2.24, 2.45) is 11.3 Å². The smallest absolute Gasteiger partial charge is 0.341 e. The molecule has 6 nitrogen and oxygen atoms in total. The number of nitrogens with zero attached hydrogens (tertiary/aromatic N) is 3. The second-order valence-corrected chi connectivity index (χ2v) is 6.53. The second kappa shape index (κ2) is 5.23. The molecular formula is C16H16ClN3O3. The Labute approximate surface area is 138 Å². The van der Waals surface area contributed by atoms with Gasteiger partial charge in [0.15, 0.2) is 5.82 Å². The number of aromatic nitrogens is 3. The van der Waals surface area contributed by atoms with Crippen molar-refractivity contribution in [3.63, 3.8) is 0 Å². The number of hydrogen-bond acceptors (Lipinski definition) is 5. The lowest BCUT2D eigenvalue weighted by molar-refractivity contribution is 0.0600. The van der Waals surface area contributed by atoms with Gasteiger partial charge < -0.3 is 9.47 Å². The summed E-state index contributed by atoms with van der Waals surface area (Å²) < 4.78 is 12.0. The first-order chi connectivity index (χ1) is 11.1. The lowest BCUT2D eigenvalue weighted by Gasteiger charge is -2.05. The molecule has 2 fully saturated rings. The summed E-state index contributed by atoms with van der Waals surface area (Å²) in [6.45, 7) is 0.729. The van der Waals surface area contributed by atoms with Crippen LogP contribution in [0, 0.1) is 11.3 Å². The highest BCUT2D eigenvalue weighted by Crippen LogP contribution is 2.70. The largest absolute Gasteiger partial charge is 0.476 e. The minimum absolute atomic E-state index is 0.0842. The van der Waals surface area contributed by atoms with E-state index in [2.05, 4.69) is 14.8 Å². The minimum Gasteiger partial charge on any atom is -0.476 e. The normalized spacial score (nSPS) is 20.3. The van der Waals surface area contributed by atoms with Crippen LogP contribution in [-0.2, 0) is 4.74 Å². The highest BCUT2D eigenvalue weighted by Gasteiger charge is 2.62. The molecule has 7 heteroatoms. The molecular weight excluding hydrogens is 318 g/mol. The highest BCUT2D eigenvalue weighted by molar-refractivity contribution is 6.32. The molecule has 4 rings (SSSR count). The summed E-state index contributed by atoms with van der Waals surface area (Å²) in [4.78, 5) is 15.7. The molecule has 2 aromatic rings. The number of hydrogen-bond donors (Lipinski definition) is 0. The van der Waals surface area contributed by atoms with Crippen LogP contribution in [0.2, 0.25) is 5.15 Å². The van der Waals surface area contributed by atoms with Crippen LogP contribution in [0.15, 0.2) is 24.4 Å². The lowest BCUT2D eigenvalue weighted by Crippen LogP contribution is -2.06. The van der Waals surface area contributed by atoms with Crippen LogP contribution in [0.25, 0.3) is 5.82 Å². The van der Waals surface area contributed by atoms with Crippen LogP contribution in [-0.4, -0.2) is 34.5 Å². The Bertz CT molecular complexity index is 770. The van der Waals surface area contributed by atoms with E-state index < -0.39 is 5.97 Å². The van der Waals surface area contributed by atoms with Crippen LogP contribution < -0.4 is 4.74 Å². The average Bonchev–Trinajstić information content (AvgIpc) is 3.43. The molecule has 2 saturated carbocycles. The summed E-state index contributed by atoms with van der Waals surface area (Å²) in [7, 11) is 1.30. The first-order valence-corrected chi connectivity index (χ1v) is 7.93. The zero-order chi connectivity index (χ0) is 16.0. The van der Waals surface area contributed by atoms with Gasteiger partial charge in [-0.1, -0.05) is 11.6 Å². The average molecular weight is 334 g/mol. The van der Waals surface area contributed by atoms with E-state index in [0.29, 0.717) is 23.0 Å². The number of rotatable bonds is 5. The van der Waals surface area contributed by atoms with Crippen LogP contribution in [0.4, 0.5) is 0 Å². The van der Waals surface area contributed by atoms with Crippen molar-refractivity contribution in [2.75, 3.05) is 13.7 Å². The van der Waals surface area contributed by atoms with Crippen molar-refractivity contribution >= 4 is 17.6 Å². The van der Waals surface area contributed by atoms with E-state index in [4.69, 9.17) is 16.3 Å². The molecule has 0 N–H and O–H groups in total. The lowest BCUT2D eigenvalue weighted by atomic mass is 10.3. The molecule has 0 bridgehead atoms. The Morgan fingerprint density at radius 3 is 2.91 bits per heavy atom. The van der Waals surface area contributed by atoms with Crippen molar-refractivity contribution in [1.29, 1.82) is 0 Å². The summed E-state index contributed by atoms with van der Waals surface area (Å²) in [5, 5.41) is 4.43. The molecule has 2 aliphatic carbocycles. The number of carbonyl (C=O) groups is 1. The van der Waals surface area contributed by atoms with Gasteiger partial charge in [-0.2, -0.15) is 0 Å². The van der Waals surface area contributed by atoms with Gasteiger partial charge in [0.1, 0.15) is 5.15 Å². The van der Waals surface area contributed by atoms with Gasteiger partial charge in [0.2, 0.25) is 5.88 Å². The number of carbonyl (C=O) groups excluding carboxylic acids is 1. The Hall–Kier alpha value is -2.08. The standard InChI is InChI=1S/C16H16ClN3O3/c1-22-15(21)11-2-3-12(18-14(11)17)20-7-4-13(19-20)23-9-10-8-16(10)5-6-16/h2-4,7,10H,5-6,8-9H2,1H3. The molecule has 0 amide bonds. The predicted molar refractivity (Wildman–Crippen MR) is 83.0 cm³/mol. The monoisotopic (exact) mass is 333 g/mol. The molecule has 0 radical (unpaired) electrons. The fourth-order valence-corrected chi connectivity index (χ4v) is 3.18. The van der Waals surface area contributed by atoms with Crippen molar-refractivity contribution in [3.8, 4) is 11.7 Å². The van der Waals surface area contributed by atoms with Crippen molar-refractivity contribution < 1.29 is 14.3 Å². The van der Waals surface area contributed by atoms with Gasteiger partial charge in [-0.3, -0.25) is 0 Å². The van der Waals surface area contributed by atoms with Gasteiger partial charge in [0.25, 0.3) is 0 Å². The number of halogens is 1. The van der Waals surface area contributed by atoms with Gasteiger partial charge in [0.05, 0.1) is 19.3 Å². The Balaban J connectivity index is 1.45. The summed E-state index contributed by atoms with van der Waals surface area (Å²) in [6, 6.07) is 5.03. The zero-order valence-electron chi connectivity index (χ0n) is 12.7. The Morgan fingerprint density at radius 2 is 2.26 bits per heavy atom. The molecule has 1 spiro atoms. The third kappa shape index (κ3) is 2.67. The molecule has 2 aromatic heterocycles. The first kappa shape index (κ1) is 14.5. The van der Waals surface area contributed by atoms with E-state index in [1.54, 1.807) is 29.1 Å². The third-order valence-corrected chi connectivity index (χ3v) is 5.01. The zero-order valence-corrected chi connectivity index (χ0v) is 13.4. The molecule has 2 heterocycles. The predicted octanol–water partition coefficient (Wildman–Crippen LogP) is 2.89. The number of ether oxygens (including phenoxy) is 2. The topological polar surface area (TPSA) is 66.2 Å². The molecule has 120 valence electrons. The number of esters is 1. The van der Waals surface area contributed by atoms with Crippen LogP contribution in [0.5, 0.6) is 5.88 Å².